The molecular weight excluding hydrogens is 170 g/mol. The van der Waals surface area contributed by atoms with Crippen molar-refractivity contribution in [2.45, 2.75) is 32.2 Å². The summed E-state index contributed by atoms with van der Waals surface area (Å²) in [7, 11) is 0. The molecule has 1 saturated heterocycles. The summed E-state index contributed by atoms with van der Waals surface area (Å²) in [5.74, 6) is -0.569. The highest BCUT2D eigenvalue weighted by molar-refractivity contribution is 5.18. The van der Waals surface area contributed by atoms with E-state index < -0.39 is 5.79 Å². The van der Waals surface area contributed by atoms with Crippen molar-refractivity contribution in [3.8, 4) is 6.07 Å². The minimum Gasteiger partial charge on any atom is -0.515 e. The van der Waals surface area contributed by atoms with Gasteiger partial charge in [0.25, 0.3) is 0 Å². The molecule has 0 aromatic carbocycles. The number of nitrogens with zero attached hydrogens (tertiary/aromatic N) is 1. The first kappa shape index (κ1) is 10.0. The molecule has 0 saturated carbocycles. The van der Waals surface area contributed by atoms with Crippen LogP contribution in [0.15, 0.2) is 11.8 Å². The van der Waals surface area contributed by atoms with Crippen molar-refractivity contribution in [3.63, 3.8) is 0 Å². The molecule has 0 radical (unpaired) electrons. The van der Waals surface area contributed by atoms with E-state index in [-0.39, 0.29) is 6.10 Å². The summed E-state index contributed by atoms with van der Waals surface area (Å²) in [5, 5.41) is 17.2. The number of hydrogen-bond acceptors (Lipinski definition) is 4. The Hall–Kier alpha value is -1.05. The van der Waals surface area contributed by atoms with Crippen LogP contribution in [0.1, 0.15) is 20.3 Å². The molecule has 1 N–H and O–H groups in total. The molecule has 0 spiro atoms. The predicted molar refractivity (Wildman–Crippen MR) is 45.8 cm³/mol. The molecule has 1 atom stereocenters. The quantitative estimate of drug-likeness (QED) is 0.520. The van der Waals surface area contributed by atoms with Crippen molar-refractivity contribution < 1.29 is 14.6 Å². The molecule has 1 heterocycles. The minimum absolute atomic E-state index is 0.131. The van der Waals surface area contributed by atoms with Crippen LogP contribution in [0.25, 0.3) is 0 Å². The van der Waals surface area contributed by atoms with Crippen molar-refractivity contribution in [3.05, 3.63) is 11.8 Å². The molecule has 0 bridgehead atoms. The van der Waals surface area contributed by atoms with E-state index in [1.54, 1.807) is 0 Å². The standard InChI is InChI=1S/C9H13NO3/c1-9(2)12-6-8(13-9)3-7(4-10)5-11/h5,8,11H,3,6H2,1-2H3/b7-5-/t8-/m0/s1. The summed E-state index contributed by atoms with van der Waals surface area (Å²) in [6, 6.07) is 1.88. The van der Waals surface area contributed by atoms with Crippen molar-refractivity contribution in [1.82, 2.24) is 0 Å². The molecule has 0 amide bonds. The summed E-state index contributed by atoms with van der Waals surface area (Å²) in [5.41, 5.74) is 0.311. The monoisotopic (exact) mass is 183 g/mol. The maximum atomic E-state index is 8.64. The van der Waals surface area contributed by atoms with Crippen LogP contribution in [0.2, 0.25) is 0 Å². The van der Waals surface area contributed by atoms with Crippen molar-refractivity contribution in [2.24, 2.45) is 0 Å². The number of rotatable bonds is 2. The summed E-state index contributed by atoms with van der Waals surface area (Å²) in [4.78, 5) is 0. The zero-order chi connectivity index (χ0) is 9.90. The van der Waals surface area contributed by atoms with Gasteiger partial charge in [-0.15, -0.1) is 0 Å². The maximum absolute atomic E-state index is 8.64. The summed E-state index contributed by atoms with van der Waals surface area (Å²) >= 11 is 0. The first-order chi connectivity index (χ1) is 6.07. The summed E-state index contributed by atoms with van der Waals surface area (Å²) in [6.07, 6.45) is 1.08. The van der Waals surface area contributed by atoms with E-state index in [9.17, 15) is 0 Å². The van der Waals surface area contributed by atoms with Crippen molar-refractivity contribution >= 4 is 0 Å². The second-order valence-corrected chi connectivity index (χ2v) is 3.42. The van der Waals surface area contributed by atoms with Crippen LogP contribution in [-0.4, -0.2) is 23.6 Å². The molecule has 0 aromatic heterocycles. The molecule has 4 heteroatoms. The van der Waals surface area contributed by atoms with Gasteiger partial charge in [-0.05, 0) is 13.8 Å². The molecule has 1 rings (SSSR count). The molecular formula is C9H13NO3. The topological polar surface area (TPSA) is 62.5 Å². The van der Waals surface area contributed by atoms with Gasteiger partial charge in [0.05, 0.1) is 30.6 Å². The average molecular weight is 183 g/mol. The molecule has 72 valence electrons. The van der Waals surface area contributed by atoms with E-state index in [1.165, 1.54) is 0 Å². The Bertz CT molecular complexity index is 252. The van der Waals surface area contributed by atoms with Gasteiger partial charge in [0.1, 0.15) is 0 Å². The third-order valence-electron chi connectivity index (χ3n) is 1.81. The lowest BCUT2D eigenvalue weighted by Gasteiger charge is -2.16. The Labute approximate surface area is 77.4 Å². The maximum Gasteiger partial charge on any atom is 0.163 e. The molecule has 13 heavy (non-hydrogen) atoms. The minimum atomic E-state index is -0.569. The third-order valence-corrected chi connectivity index (χ3v) is 1.81. The smallest absolute Gasteiger partial charge is 0.163 e. The van der Waals surface area contributed by atoms with Crippen LogP contribution in [0.3, 0.4) is 0 Å². The number of aliphatic hydroxyl groups excluding tert-OH is 1. The SMILES string of the molecule is CC1(C)OC[C@H](C/C(C#N)=C/O)O1. The van der Waals surface area contributed by atoms with Crippen LogP contribution in [0, 0.1) is 11.3 Å². The second kappa shape index (κ2) is 3.77. The Morgan fingerprint density at radius 3 is 2.85 bits per heavy atom. The van der Waals surface area contributed by atoms with Gasteiger partial charge in [-0.3, -0.25) is 0 Å². The lowest BCUT2D eigenvalue weighted by atomic mass is 10.1. The van der Waals surface area contributed by atoms with Gasteiger partial charge in [-0.2, -0.15) is 5.26 Å². The normalized spacial score (nSPS) is 27.2. The van der Waals surface area contributed by atoms with Crippen LogP contribution in [0.5, 0.6) is 0 Å². The van der Waals surface area contributed by atoms with Crippen LogP contribution >= 0.6 is 0 Å². The molecule has 4 nitrogen and oxygen atoms in total. The first-order valence-corrected chi connectivity index (χ1v) is 4.12. The first-order valence-electron chi connectivity index (χ1n) is 4.12. The molecule has 1 aliphatic heterocycles. The van der Waals surface area contributed by atoms with E-state index in [1.807, 2.05) is 19.9 Å². The van der Waals surface area contributed by atoms with Gasteiger partial charge >= 0.3 is 0 Å². The zero-order valence-corrected chi connectivity index (χ0v) is 7.78. The highest BCUT2D eigenvalue weighted by atomic mass is 16.7. The fourth-order valence-corrected chi connectivity index (χ4v) is 1.24. The van der Waals surface area contributed by atoms with Crippen LogP contribution in [-0.2, 0) is 9.47 Å². The third kappa shape index (κ3) is 2.72. The predicted octanol–water partition coefficient (Wildman–Crippen LogP) is 1.49. The summed E-state index contributed by atoms with van der Waals surface area (Å²) < 4.78 is 10.8. The Morgan fingerprint density at radius 1 is 1.77 bits per heavy atom. The molecule has 1 fully saturated rings. The fourth-order valence-electron chi connectivity index (χ4n) is 1.24. The van der Waals surface area contributed by atoms with E-state index in [0.717, 1.165) is 6.26 Å². The fraction of sp³-hybridized carbons (Fsp3) is 0.667. The van der Waals surface area contributed by atoms with Crippen molar-refractivity contribution in [1.29, 1.82) is 5.26 Å². The zero-order valence-electron chi connectivity index (χ0n) is 7.78. The van der Waals surface area contributed by atoms with Gasteiger partial charge in [0.2, 0.25) is 0 Å². The highest BCUT2D eigenvalue weighted by Crippen LogP contribution is 2.25. The Morgan fingerprint density at radius 2 is 2.46 bits per heavy atom. The van der Waals surface area contributed by atoms with Gasteiger partial charge in [0, 0.05) is 6.42 Å². The average Bonchev–Trinajstić information content (AvgIpc) is 2.41. The van der Waals surface area contributed by atoms with Gasteiger partial charge in [-0.25, -0.2) is 0 Å². The second-order valence-electron chi connectivity index (χ2n) is 3.42. The van der Waals surface area contributed by atoms with Crippen LogP contribution < -0.4 is 0 Å². The van der Waals surface area contributed by atoms with Gasteiger partial charge in [0.15, 0.2) is 5.79 Å². The van der Waals surface area contributed by atoms with E-state index in [2.05, 4.69) is 0 Å². The van der Waals surface area contributed by atoms with Gasteiger partial charge < -0.3 is 14.6 Å². The molecule has 1 aliphatic rings. The largest absolute Gasteiger partial charge is 0.515 e. The highest BCUT2D eigenvalue weighted by Gasteiger charge is 2.32. The lowest BCUT2D eigenvalue weighted by Crippen LogP contribution is -2.21. The number of aliphatic hydroxyl groups is 1. The van der Waals surface area contributed by atoms with E-state index >= 15 is 0 Å². The van der Waals surface area contributed by atoms with E-state index in [0.29, 0.717) is 18.6 Å². The number of nitriles is 1. The van der Waals surface area contributed by atoms with Crippen molar-refractivity contribution in [2.75, 3.05) is 6.61 Å². The molecule has 0 aliphatic carbocycles. The van der Waals surface area contributed by atoms with E-state index in [4.69, 9.17) is 19.8 Å². The molecule has 0 unspecified atom stereocenters. The summed E-state index contributed by atoms with van der Waals surface area (Å²) in [6.45, 7) is 4.11. The number of hydrogen-bond donors (Lipinski definition) is 1. The molecule has 0 aromatic rings. The Balaban J connectivity index is 2.46. The lowest BCUT2D eigenvalue weighted by molar-refractivity contribution is -0.137. The van der Waals surface area contributed by atoms with Gasteiger partial charge in [-0.1, -0.05) is 0 Å². The number of ether oxygens (including phenoxy) is 2. The Kier molecular flexibility index (Phi) is 2.91. The van der Waals surface area contributed by atoms with Crippen LogP contribution in [0.4, 0.5) is 0 Å².